The number of carbonyl (C=O) groups excluding carboxylic acids is 1. The van der Waals surface area contributed by atoms with E-state index in [4.69, 9.17) is 4.74 Å². The summed E-state index contributed by atoms with van der Waals surface area (Å²) < 4.78 is 11.1. The Morgan fingerprint density at radius 1 is 1.37 bits per heavy atom. The molecule has 0 bridgehead atoms. The first-order chi connectivity index (χ1) is 9.22. The highest BCUT2D eigenvalue weighted by Crippen LogP contribution is 2.32. The van der Waals surface area contributed by atoms with Crippen LogP contribution in [0.5, 0.6) is 5.75 Å². The van der Waals surface area contributed by atoms with Gasteiger partial charge in [0, 0.05) is 24.2 Å². The molecule has 1 aromatic heterocycles. The number of benzene rings is 1. The van der Waals surface area contributed by atoms with E-state index < -0.39 is 0 Å². The first-order valence-corrected chi connectivity index (χ1v) is 6.73. The number of hydrogen-bond donors (Lipinski definition) is 0. The maximum atomic E-state index is 11.0. The standard InChI is InChI=1S/C14H14BrNO3/c1-18-13(17)3-2-8-19-12-5-4-10-6-7-16-9-11(10)14(12)15/h4-7,9H,2-3,8H2,1H3. The molecule has 0 aliphatic heterocycles. The number of nitrogens with zero attached hydrogens (tertiary/aromatic N) is 1. The normalized spacial score (nSPS) is 10.4. The maximum Gasteiger partial charge on any atom is 0.305 e. The van der Waals surface area contributed by atoms with E-state index in [9.17, 15) is 4.79 Å². The lowest BCUT2D eigenvalue weighted by Crippen LogP contribution is -2.04. The van der Waals surface area contributed by atoms with Gasteiger partial charge in [-0.1, -0.05) is 6.07 Å². The number of ether oxygens (including phenoxy) is 2. The largest absolute Gasteiger partial charge is 0.492 e. The maximum absolute atomic E-state index is 11.0. The van der Waals surface area contributed by atoms with Crippen LogP contribution in [0.4, 0.5) is 0 Å². The average molecular weight is 324 g/mol. The summed E-state index contributed by atoms with van der Waals surface area (Å²) in [6, 6.07) is 5.84. The summed E-state index contributed by atoms with van der Waals surface area (Å²) in [5, 5.41) is 2.11. The van der Waals surface area contributed by atoms with Crippen LogP contribution >= 0.6 is 15.9 Å². The second kappa shape index (κ2) is 6.52. The number of esters is 1. The summed E-state index contributed by atoms with van der Waals surface area (Å²) in [4.78, 5) is 15.1. The summed E-state index contributed by atoms with van der Waals surface area (Å²) in [5.74, 6) is 0.538. The molecule has 0 saturated heterocycles. The molecule has 0 atom stereocenters. The molecule has 0 fully saturated rings. The quantitative estimate of drug-likeness (QED) is 0.625. The van der Waals surface area contributed by atoms with Crippen molar-refractivity contribution in [3.05, 3.63) is 35.1 Å². The Balaban J connectivity index is 2.01. The van der Waals surface area contributed by atoms with Crippen molar-refractivity contribution in [3.63, 3.8) is 0 Å². The minimum Gasteiger partial charge on any atom is -0.492 e. The highest BCUT2D eigenvalue weighted by atomic mass is 79.9. The molecule has 0 aliphatic carbocycles. The summed E-state index contributed by atoms with van der Waals surface area (Å²) in [5.41, 5.74) is 0. The molecule has 19 heavy (non-hydrogen) atoms. The van der Waals surface area contributed by atoms with E-state index in [1.807, 2.05) is 18.2 Å². The Hall–Kier alpha value is -1.62. The van der Waals surface area contributed by atoms with Crippen molar-refractivity contribution in [1.82, 2.24) is 4.98 Å². The van der Waals surface area contributed by atoms with Crippen LogP contribution in [0.1, 0.15) is 12.8 Å². The number of pyridine rings is 1. The van der Waals surface area contributed by atoms with E-state index in [1.165, 1.54) is 7.11 Å². The zero-order valence-corrected chi connectivity index (χ0v) is 12.1. The monoisotopic (exact) mass is 323 g/mol. The molecule has 4 nitrogen and oxygen atoms in total. The highest BCUT2D eigenvalue weighted by Gasteiger charge is 2.07. The Labute approximate surface area is 119 Å². The second-order valence-electron chi connectivity index (χ2n) is 4.00. The van der Waals surface area contributed by atoms with E-state index in [1.54, 1.807) is 12.4 Å². The number of rotatable bonds is 5. The molecular weight excluding hydrogens is 310 g/mol. The minimum atomic E-state index is -0.217. The third-order valence-electron chi connectivity index (χ3n) is 2.73. The van der Waals surface area contributed by atoms with Crippen molar-refractivity contribution < 1.29 is 14.3 Å². The van der Waals surface area contributed by atoms with Crippen molar-refractivity contribution >= 4 is 32.7 Å². The smallest absolute Gasteiger partial charge is 0.305 e. The third-order valence-corrected chi connectivity index (χ3v) is 3.55. The predicted molar refractivity (Wildman–Crippen MR) is 76.2 cm³/mol. The molecule has 0 spiro atoms. The Kier molecular flexibility index (Phi) is 4.74. The van der Waals surface area contributed by atoms with Crippen LogP contribution in [0.25, 0.3) is 10.8 Å². The van der Waals surface area contributed by atoms with Crippen LogP contribution in [-0.4, -0.2) is 24.7 Å². The lowest BCUT2D eigenvalue weighted by molar-refractivity contribution is -0.140. The molecule has 0 radical (unpaired) electrons. The summed E-state index contributed by atoms with van der Waals surface area (Å²) in [7, 11) is 1.39. The van der Waals surface area contributed by atoms with Crippen molar-refractivity contribution in [2.45, 2.75) is 12.8 Å². The van der Waals surface area contributed by atoms with Gasteiger partial charge >= 0.3 is 5.97 Å². The molecule has 2 rings (SSSR count). The molecule has 0 aliphatic rings. The van der Waals surface area contributed by atoms with E-state index in [-0.39, 0.29) is 5.97 Å². The Bertz CT molecular complexity index is 586. The molecule has 5 heteroatoms. The molecule has 0 saturated carbocycles. The number of halogens is 1. The van der Waals surface area contributed by atoms with Crippen LogP contribution in [-0.2, 0) is 9.53 Å². The molecule has 0 N–H and O–H groups in total. The van der Waals surface area contributed by atoms with E-state index in [0.717, 1.165) is 21.0 Å². The highest BCUT2D eigenvalue weighted by molar-refractivity contribution is 9.10. The van der Waals surface area contributed by atoms with Crippen molar-refractivity contribution in [3.8, 4) is 5.75 Å². The molecule has 1 heterocycles. The van der Waals surface area contributed by atoms with Gasteiger partial charge in [-0.25, -0.2) is 0 Å². The summed E-state index contributed by atoms with van der Waals surface area (Å²) in [6.45, 7) is 0.472. The fraction of sp³-hybridized carbons (Fsp3) is 0.286. The first-order valence-electron chi connectivity index (χ1n) is 5.94. The SMILES string of the molecule is COC(=O)CCCOc1ccc2ccncc2c1Br. The molecule has 0 amide bonds. The predicted octanol–water partition coefficient (Wildman–Crippen LogP) is 3.33. The van der Waals surface area contributed by atoms with Crippen molar-refractivity contribution in [1.29, 1.82) is 0 Å². The number of carbonyl (C=O) groups is 1. The van der Waals surface area contributed by atoms with Crippen LogP contribution in [0, 0.1) is 0 Å². The zero-order valence-electron chi connectivity index (χ0n) is 10.6. The molecule has 1 aromatic carbocycles. The number of fused-ring (bicyclic) bond motifs is 1. The van der Waals surface area contributed by atoms with E-state index >= 15 is 0 Å². The van der Waals surface area contributed by atoms with Crippen molar-refractivity contribution in [2.75, 3.05) is 13.7 Å². The van der Waals surface area contributed by atoms with E-state index in [0.29, 0.717) is 19.4 Å². The third kappa shape index (κ3) is 3.44. The number of methoxy groups -OCH3 is 1. The van der Waals surface area contributed by atoms with Gasteiger partial charge in [0.05, 0.1) is 18.2 Å². The van der Waals surface area contributed by atoms with E-state index in [2.05, 4.69) is 25.7 Å². The van der Waals surface area contributed by atoms with Gasteiger partial charge in [-0.3, -0.25) is 9.78 Å². The van der Waals surface area contributed by atoms with Gasteiger partial charge in [0.1, 0.15) is 5.75 Å². The van der Waals surface area contributed by atoms with Gasteiger partial charge in [-0.2, -0.15) is 0 Å². The topological polar surface area (TPSA) is 48.4 Å². The molecule has 100 valence electrons. The summed E-state index contributed by atoms with van der Waals surface area (Å²) in [6.07, 6.45) is 4.54. The molecular formula is C14H14BrNO3. The fourth-order valence-electron chi connectivity index (χ4n) is 1.72. The second-order valence-corrected chi connectivity index (χ2v) is 4.80. The fourth-order valence-corrected chi connectivity index (χ4v) is 2.30. The van der Waals surface area contributed by atoms with Gasteiger partial charge in [0.2, 0.25) is 0 Å². The lowest BCUT2D eigenvalue weighted by atomic mass is 10.2. The Morgan fingerprint density at radius 2 is 2.21 bits per heavy atom. The van der Waals surface area contributed by atoms with Gasteiger partial charge in [-0.15, -0.1) is 0 Å². The first kappa shape index (κ1) is 13.8. The van der Waals surface area contributed by atoms with Gasteiger partial charge in [0.15, 0.2) is 0 Å². The van der Waals surface area contributed by atoms with Gasteiger partial charge in [-0.05, 0) is 39.9 Å². The Morgan fingerprint density at radius 3 is 3.00 bits per heavy atom. The molecule has 2 aromatic rings. The van der Waals surface area contributed by atoms with Gasteiger partial charge in [0.25, 0.3) is 0 Å². The van der Waals surface area contributed by atoms with Crippen LogP contribution in [0.2, 0.25) is 0 Å². The van der Waals surface area contributed by atoms with Gasteiger partial charge < -0.3 is 9.47 Å². The minimum absolute atomic E-state index is 0.217. The van der Waals surface area contributed by atoms with Crippen molar-refractivity contribution in [2.24, 2.45) is 0 Å². The lowest BCUT2D eigenvalue weighted by Gasteiger charge is -2.09. The number of hydrogen-bond acceptors (Lipinski definition) is 4. The van der Waals surface area contributed by atoms with Crippen LogP contribution in [0.15, 0.2) is 35.1 Å². The van der Waals surface area contributed by atoms with Crippen LogP contribution < -0.4 is 4.74 Å². The average Bonchev–Trinajstić information content (AvgIpc) is 2.45. The number of aromatic nitrogens is 1. The molecule has 0 unspecified atom stereocenters. The summed E-state index contributed by atoms with van der Waals surface area (Å²) >= 11 is 3.52. The van der Waals surface area contributed by atoms with Crippen LogP contribution in [0.3, 0.4) is 0 Å². The zero-order chi connectivity index (χ0) is 13.7.